The SMILES string of the molecule is O=C(NCCC1=CCCCC1)N1CCN(c2c(F)cccc2F)CC1. The molecule has 136 valence electrons. The van der Waals surface area contributed by atoms with Gasteiger partial charge in [-0.1, -0.05) is 17.7 Å². The molecule has 1 aromatic carbocycles. The number of nitrogens with one attached hydrogen (secondary N) is 1. The van der Waals surface area contributed by atoms with Gasteiger partial charge < -0.3 is 15.1 Å². The molecule has 1 saturated heterocycles. The molecule has 1 N–H and O–H groups in total. The number of halogens is 2. The fourth-order valence-electron chi connectivity index (χ4n) is 3.50. The number of amides is 2. The van der Waals surface area contributed by atoms with Crippen LogP contribution in [0.5, 0.6) is 0 Å². The number of para-hydroxylation sites is 1. The molecule has 2 aliphatic rings. The Morgan fingerprint density at radius 3 is 2.44 bits per heavy atom. The predicted molar refractivity (Wildman–Crippen MR) is 94.7 cm³/mol. The molecule has 1 fully saturated rings. The molecule has 2 amide bonds. The smallest absolute Gasteiger partial charge is 0.317 e. The Morgan fingerprint density at radius 2 is 1.80 bits per heavy atom. The van der Waals surface area contributed by atoms with Crippen molar-refractivity contribution in [1.82, 2.24) is 10.2 Å². The van der Waals surface area contributed by atoms with Crippen LogP contribution in [0, 0.1) is 11.6 Å². The van der Waals surface area contributed by atoms with E-state index < -0.39 is 11.6 Å². The second-order valence-electron chi connectivity index (χ2n) is 6.63. The van der Waals surface area contributed by atoms with E-state index in [1.807, 2.05) is 0 Å². The molecule has 0 aromatic heterocycles. The maximum Gasteiger partial charge on any atom is 0.317 e. The Bertz CT molecular complexity index is 619. The highest BCUT2D eigenvalue weighted by molar-refractivity contribution is 5.74. The minimum absolute atomic E-state index is 0.00629. The predicted octanol–water partition coefficient (Wildman–Crippen LogP) is 3.69. The van der Waals surface area contributed by atoms with Gasteiger partial charge >= 0.3 is 6.03 Å². The summed E-state index contributed by atoms with van der Waals surface area (Å²) in [7, 11) is 0. The molecule has 1 aliphatic heterocycles. The lowest BCUT2D eigenvalue weighted by molar-refractivity contribution is 0.194. The summed E-state index contributed by atoms with van der Waals surface area (Å²) in [6, 6.07) is 3.79. The van der Waals surface area contributed by atoms with E-state index >= 15 is 0 Å². The number of allylic oxidation sites excluding steroid dienone is 1. The Morgan fingerprint density at radius 1 is 1.08 bits per heavy atom. The summed E-state index contributed by atoms with van der Waals surface area (Å²) in [5, 5.41) is 2.96. The van der Waals surface area contributed by atoms with E-state index in [2.05, 4.69) is 11.4 Å². The van der Waals surface area contributed by atoms with E-state index in [1.54, 1.807) is 9.80 Å². The van der Waals surface area contributed by atoms with Crippen molar-refractivity contribution in [2.45, 2.75) is 32.1 Å². The molecule has 0 radical (unpaired) electrons. The Kier molecular flexibility index (Phi) is 5.89. The summed E-state index contributed by atoms with van der Waals surface area (Å²) >= 11 is 0. The molecule has 6 heteroatoms. The monoisotopic (exact) mass is 349 g/mol. The lowest BCUT2D eigenvalue weighted by Crippen LogP contribution is -2.52. The first-order valence-electron chi connectivity index (χ1n) is 9.05. The van der Waals surface area contributed by atoms with E-state index in [4.69, 9.17) is 0 Å². The van der Waals surface area contributed by atoms with Gasteiger partial charge in [-0.3, -0.25) is 0 Å². The van der Waals surface area contributed by atoms with Crippen LogP contribution in [0.25, 0.3) is 0 Å². The summed E-state index contributed by atoms with van der Waals surface area (Å²) in [4.78, 5) is 15.6. The van der Waals surface area contributed by atoms with Gasteiger partial charge in [-0.05, 0) is 44.2 Å². The molecule has 4 nitrogen and oxygen atoms in total. The van der Waals surface area contributed by atoms with Crippen LogP contribution in [0.3, 0.4) is 0 Å². The maximum atomic E-state index is 13.9. The second kappa shape index (κ2) is 8.32. The number of carbonyl (C=O) groups excluding carboxylic acids is 1. The van der Waals surface area contributed by atoms with Gasteiger partial charge in [0.1, 0.15) is 17.3 Å². The molecule has 1 heterocycles. The highest BCUT2D eigenvalue weighted by Gasteiger charge is 2.24. The van der Waals surface area contributed by atoms with Crippen molar-refractivity contribution in [1.29, 1.82) is 0 Å². The average molecular weight is 349 g/mol. The van der Waals surface area contributed by atoms with E-state index in [0.29, 0.717) is 32.7 Å². The summed E-state index contributed by atoms with van der Waals surface area (Å²) < 4.78 is 27.7. The largest absolute Gasteiger partial charge is 0.363 e. The first-order chi connectivity index (χ1) is 12.1. The number of nitrogens with zero attached hydrogens (tertiary/aromatic N) is 2. The van der Waals surface area contributed by atoms with Crippen LogP contribution in [-0.2, 0) is 0 Å². The summed E-state index contributed by atoms with van der Waals surface area (Å²) in [6.07, 6.45) is 8.00. The van der Waals surface area contributed by atoms with E-state index in [1.165, 1.54) is 36.6 Å². The molecular weight excluding hydrogens is 324 g/mol. The van der Waals surface area contributed by atoms with Crippen LogP contribution in [0.4, 0.5) is 19.3 Å². The molecule has 3 rings (SSSR count). The third kappa shape index (κ3) is 4.50. The van der Waals surface area contributed by atoms with Gasteiger partial charge in [0.15, 0.2) is 0 Å². The molecular formula is C19H25F2N3O. The Labute approximate surface area is 147 Å². The lowest BCUT2D eigenvalue weighted by Gasteiger charge is -2.36. The van der Waals surface area contributed by atoms with Crippen LogP contribution >= 0.6 is 0 Å². The van der Waals surface area contributed by atoms with Crippen molar-refractivity contribution in [2.75, 3.05) is 37.6 Å². The number of carbonyl (C=O) groups is 1. The average Bonchev–Trinajstić information content (AvgIpc) is 2.63. The number of piperazine rings is 1. The van der Waals surface area contributed by atoms with Crippen molar-refractivity contribution in [3.63, 3.8) is 0 Å². The lowest BCUT2D eigenvalue weighted by atomic mass is 9.97. The molecule has 0 atom stereocenters. The standard InChI is InChI=1S/C19H25F2N3O/c20-16-7-4-8-17(21)18(16)23-11-13-24(14-12-23)19(25)22-10-9-15-5-2-1-3-6-15/h4-5,7-8H,1-3,6,9-14H2,(H,22,25). The van der Waals surface area contributed by atoms with Crippen LogP contribution in [0.1, 0.15) is 32.1 Å². The normalized spacial score (nSPS) is 18.1. The minimum atomic E-state index is -0.557. The van der Waals surface area contributed by atoms with E-state index in [0.717, 1.165) is 19.3 Å². The van der Waals surface area contributed by atoms with Gasteiger partial charge in [-0.2, -0.15) is 0 Å². The van der Waals surface area contributed by atoms with E-state index in [9.17, 15) is 13.6 Å². The Balaban J connectivity index is 1.45. The number of rotatable bonds is 4. The Hall–Kier alpha value is -2.11. The van der Waals surface area contributed by atoms with Gasteiger partial charge in [0.2, 0.25) is 0 Å². The summed E-state index contributed by atoms with van der Waals surface area (Å²) in [6.45, 7) is 2.42. The quantitative estimate of drug-likeness (QED) is 0.842. The molecule has 0 spiro atoms. The summed E-state index contributed by atoms with van der Waals surface area (Å²) in [5.74, 6) is -1.11. The van der Waals surface area contributed by atoms with Crippen molar-refractivity contribution in [3.05, 3.63) is 41.5 Å². The number of hydrogen-bond donors (Lipinski definition) is 1. The van der Waals surface area contributed by atoms with Crippen LogP contribution in [0.2, 0.25) is 0 Å². The number of hydrogen-bond acceptors (Lipinski definition) is 2. The molecule has 0 bridgehead atoms. The minimum Gasteiger partial charge on any atom is -0.363 e. The topological polar surface area (TPSA) is 35.6 Å². The number of benzene rings is 1. The third-order valence-corrected chi connectivity index (χ3v) is 4.93. The zero-order valence-electron chi connectivity index (χ0n) is 14.4. The van der Waals surface area contributed by atoms with Crippen LogP contribution < -0.4 is 10.2 Å². The van der Waals surface area contributed by atoms with Crippen molar-refractivity contribution >= 4 is 11.7 Å². The molecule has 1 aromatic rings. The van der Waals surface area contributed by atoms with Crippen LogP contribution in [0.15, 0.2) is 29.8 Å². The first-order valence-corrected chi connectivity index (χ1v) is 9.05. The molecule has 0 unspecified atom stereocenters. The highest BCUT2D eigenvalue weighted by atomic mass is 19.1. The van der Waals surface area contributed by atoms with Crippen LogP contribution in [-0.4, -0.2) is 43.7 Å². The number of anilines is 1. The summed E-state index contributed by atoms with van der Waals surface area (Å²) in [5.41, 5.74) is 1.44. The molecule has 25 heavy (non-hydrogen) atoms. The van der Waals surface area contributed by atoms with Gasteiger partial charge in [0, 0.05) is 32.7 Å². The maximum absolute atomic E-state index is 13.9. The van der Waals surface area contributed by atoms with Gasteiger partial charge in [0.25, 0.3) is 0 Å². The van der Waals surface area contributed by atoms with Crippen molar-refractivity contribution in [3.8, 4) is 0 Å². The van der Waals surface area contributed by atoms with Gasteiger partial charge in [0.05, 0.1) is 0 Å². The van der Waals surface area contributed by atoms with E-state index in [-0.39, 0.29) is 11.7 Å². The first kappa shape index (κ1) is 17.7. The fourth-order valence-corrected chi connectivity index (χ4v) is 3.50. The third-order valence-electron chi connectivity index (χ3n) is 4.93. The van der Waals surface area contributed by atoms with Gasteiger partial charge in [-0.15, -0.1) is 0 Å². The van der Waals surface area contributed by atoms with Crippen molar-refractivity contribution in [2.24, 2.45) is 0 Å². The zero-order valence-corrected chi connectivity index (χ0v) is 14.4. The molecule has 1 aliphatic carbocycles. The van der Waals surface area contributed by atoms with Gasteiger partial charge in [-0.25, -0.2) is 13.6 Å². The fraction of sp³-hybridized carbons (Fsp3) is 0.526. The second-order valence-corrected chi connectivity index (χ2v) is 6.63. The molecule has 0 saturated carbocycles. The van der Waals surface area contributed by atoms with Crippen molar-refractivity contribution < 1.29 is 13.6 Å². The zero-order chi connectivity index (χ0) is 17.6. The number of urea groups is 1. The highest BCUT2D eigenvalue weighted by Crippen LogP contribution is 2.24.